The fraction of sp³-hybridized carbons (Fsp3) is 0.409. The van der Waals surface area contributed by atoms with E-state index in [1.54, 1.807) is 17.8 Å². The van der Waals surface area contributed by atoms with Crippen molar-refractivity contribution in [2.24, 2.45) is 5.92 Å². The molecule has 1 aromatic carbocycles. The molecule has 4 rings (SSSR count). The Morgan fingerprint density at radius 3 is 2.53 bits per heavy atom. The number of carbonyl (C=O) groups is 2. The lowest BCUT2D eigenvalue weighted by Crippen LogP contribution is -2.49. The number of piperidine rings is 1. The normalized spacial score (nSPS) is 20.0. The van der Waals surface area contributed by atoms with Crippen LogP contribution in [0.25, 0.3) is 11.1 Å². The van der Waals surface area contributed by atoms with Crippen LogP contribution in [0.5, 0.6) is 0 Å². The van der Waals surface area contributed by atoms with Gasteiger partial charge in [0.2, 0.25) is 5.91 Å². The summed E-state index contributed by atoms with van der Waals surface area (Å²) in [7, 11) is 0. The van der Waals surface area contributed by atoms with Crippen molar-refractivity contribution in [2.45, 2.75) is 23.8 Å². The summed E-state index contributed by atoms with van der Waals surface area (Å²) in [4.78, 5) is 39.0. The number of pyridine rings is 1. The molecule has 1 N–H and O–H groups in total. The molecule has 158 valence electrons. The molecule has 0 aliphatic carbocycles. The third-order valence-electron chi connectivity index (χ3n) is 5.79. The van der Waals surface area contributed by atoms with Gasteiger partial charge in [-0.05, 0) is 42.4 Å². The van der Waals surface area contributed by atoms with Gasteiger partial charge in [-0.2, -0.15) is 0 Å². The van der Waals surface area contributed by atoms with Crippen LogP contribution in [0.1, 0.15) is 18.0 Å². The predicted molar refractivity (Wildman–Crippen MR) is 120 cm³/mol. The highest BCUT2D eigenvalue weighted by molar-refractivity contribution is 8.00. The van der Waals surface area contributed by atoms with E-state index in [0.717, 1.165) is 35.0 Å². The van der Waals surface area contributed by atoms with Crippen LogP contribution in [0, 0.1) is 5.92 Å². The second-order valence-corrected chi connectivity index (χ2v) is 9.66. The van der Waals surface area contributed by atoms with E-state index in [4.69, 9.17) is 5.11 Å². The molecule has 0 radical (unpaired) electrons. The molecule has 6 nitrogen and oxygen atoms in total. The Hall–Kier alpha value is -2.19. The second-order valence-electron chi connectivity index (χ2n) is 7.79. The summed E-state index contributed by atoms with van der Waals surface area (Å²) < 4.78 is 1.90. The molecular weight excluding hydrogens is 420 g/mol. The number of rotatable bonds is 6. The molecule has 0 saturated carbocycles. The summed E-state index contributed by atoms with van der Waals surface area (Å²) >= 11 is 2.83. The van der Waals surface area contributed by atoms with Gasteiger partial charge in [0.05, 0.1) is 11.5 Å². The smallest absolute Gasteiger partial charge is 0.313 e. The van der Waals surface area contributed by atoms with Crippen LogP contribution in [0.15, 0.2) is 46.1 Å². The van der Waals surface area contributed by atoms with E-state index >= 15 is 0 Å². The van der Waals surface area contributed by atoms with E-state index < -0.39 is 5.97 Å². The van der Waals surface area contributed by atoms with Gasteiger partial charge in [-0.1, -0.05) is 12.1 Å². The number of thioether (sulfide) groups is 2. The number of nitrogens with zero attached hydrogens (tertiary/aromatic N) is 2. The molecule has 3 heterocycles. The average Bonchev–Trinajstić information content (AvgIpc) is 2.74. The first kappa shape index (κ1) is 21.1. The maximum absolute atomic E-state index is 12.7. The Morgan fingerprint density at radius 2 is 1.83 bits per heavy atom. The van der Waals surface area contributed by atoms with Crippen LogP contribution in [-0.4, -0.2) is 57.3 Å². The zero-order chi connectivity index (χ0) is 21.3. The molecule has 1 saturated heterocycles. The van der Waals surface area contributed by atoms with Crippen molar-refractivity contribution >= 4 is 35.4 Å². The Balaban J connectivity index is 1.62. The number of hydrogen-bond acceptors (Lipinski definition) is 5. The van der Waals surface area contributed by atoms with Gasteiger partial charge in [-0.15, -0.1) is 23.5 Å². The molecule has 1 fully saturated rings. The van der Waals surface area contributed by atoms with Crippen LogP contribution in [0.3, 0.4) is 0 Å². The van der Waals surface area contributed by atoms with E-state index in [2.05, 4.69) is 24.3 Å². The van der Waals surface area contributed by atoms with Gasteiger partial charge in [-0.25, -0.2) is 0 Å². The number of hydrogen-bond donors (Lipinski definition) is 1. The zero-order valence-electron chi connectivity index (χ0n) is 16.7. The number of likely N-dealkylation sites (tertiary alicyclic amines) is 1. The van der Waals surface area contributed by atoms with Gasteiger partial charge in [-0.3, -0.25) is 14.4 Å². The summed E-state index contributed by atoms with van der Waals surface area (Å²) in [5, 5.41) is 8.80. The summed E-state index contributed by atoms with van der Waals surface area (Å²) in [5.41, 5.74) is 3.17. The van der Waals surface area contributed by atoms with E-state index in [9.17, 15) is 14.4 Å². The molecular formula is C22H24N2O4S2. The first-order chi connectivity index (χ1) is 14.5. The van der Waals surface area contributed by atoms with Crippen molar-refractivity contribution in [3.63, 3.8) is 0 Å². The van der Waals surface area contributed by atoms with Gasteiger partial charge in [0.25, 0.3) is 5.56 Å². The average molecular weight is 445 g/mol. The summed E-state index contributed by atoms with van der Waals surface area (Å²) in [6.07, 6.45) is 3.01. The van der Waals surface area contributed by atoms with Gasteiger partial charge in [0, 0.05) is 47.8 Å². The largest absolute Gasteiger partial charge is 0.481 e. The molecule has 1 amide bonds. The topological polar surface area (TPSA) is 79.6 Å². The first-order valence-electron chi connectivity index (χ1n) is 9.91. The lowest BCUT2D eigenvalue weighted by molar-refractivity contribution is -0.133. The summed E-state index contributed by atoms with van der Waals surface area (Å²) in [5.74, 6) is -0.467. The quantitative estimate of drug-likeness (QED) is 0.690. The highest BCUT2D eigenvalue weighted by Gasteiger charge is 2.37. The maximum atomic E-state index is 12.7. The number of carboxylic acid groups (broad SMARTS) is 1. The molecule has 2 bridgehead atoms. The lowest BCUT2D eigenvalue weighted by atomic mass is 9.80. The lowest BCUT2D eigenvalue weighted by Gasteiger charge is -2.43. The Labute approximate surface area is 183 Å². The number of benzene rings is 1. The first-order valence-corrected chi connectivity index (χ1v) is 12.3. The SMILES string of the molecule is CSc1ccc(-c2ccc(=O)n3c2[C@H]2C[C@@H](CN(C(=O)CSCC(=O)O)C2)C3)cc1. The third kappa shape index (κ3) is 4.30. The monoisotopic (exact) mass is 444 g/mol. The number of amides is 1. The van der Waals surface area contributed by atoms with E-state index in [1.807, 2.05) is 21.8 Å². The highest BCUT2D eigenvalue weighted by atomic mass is 32.2. The molecule has 8 heteroatoms. The molecule has 0 spiro atoms. The van der Waals surface area contributed by atoms with Crippen LogP contribution in [0.4, 0.5) is 0 Å². The Bertz CT molecular complexity index is 1020. The summed E-state index contributed by atoms with van der Waals surface area (Å²) in [6.45, 7) is 1.82. The minimum absolute atomic E-state index is 0.0148. The third-order valence-corrected chi connectivity index (χ3v) is 7.44. The fourth-order valence-corrected chi connectivity index (χ4v) is 5.59. The van der Waals surface area contributed by atoms with Crippen molar-refractivity contribution in [2.75, 3.05) is 30.9 Å². The second kappa shape index (κ2) is 8.89. The number of fused-ring (bicyclic) bond motifs is 4. The highest BCUT2D eigenvalue weighted by Crippen LogP contribution is 2.40. The van der Waals surface area contributed by atoms with E-state index in [1.165, 1.54) is 4.90 Å². The standard InChI is InChI=1S/C22H24N2O4S2/c1-29-17-4-2-15(3-5-17)18-6-7-19(25)24-10-14-8-16(22(18)24)11-23(9-14)20(26)12-30-13-21(27)28/h2-7,14,16H,8-13H2,1H3,(H,27,28)/t14-,16-/m0/s1. The summed E-state index contributed by atoms with van der Waals surface area (Å²) in [6, 6.07) is 11.9. The van der Waals surface area contributed by atoms with Crippen molar-refractivity contribution in [1.82, 2.24) is 9.47 Å². The van der Waals surface area contributed by atoms with Gasteiger partial charge >= 0.3 is 5.97 Å². The molecule has 2 atom stereocenters. The molecule has 1 aromatic heterocycles. The van der Waals surface area contributed by atoms with E-state index in [0.29, 0.717) is 19.6 Å². The number of carboxylic acids is 1. The number of aromatic nitrogens is 1. The number of aliphatic carboxylic acids is 1. The molecule has 30 heavy (non-hydrogen) atoms. The molecule has 2 aromatic rings. The van der Waals surface area contributed by atoms with Crippen molar-refractivity contribution < 1.29 is 14.7 Å². The number of carbonyl (C=O) groups excluding carboxylic acids is 1. The van der Waals surface area contributed by atoms with E-state index in [-0.39, 0.29) is 34.8 Å². The van der Waals surface area contributed by atoms with Crippen molar-refractivity contribution in [3.05, 3.63) is 52.4 Å². The fourth-order valence-electron chi connectivity index (χ4n) is 4.55. The van der Waals surface area contributed by atoms with Crippen LogP contribution >= 0.6 is 23.5 Å². The van der Waals surface area contributed by atoms with Crippen LogP contribution in [-0.2, 0) is 16.1 Å². The predicted octanol–water partition coefficient (Wildman–Crippen LogP) is 3.00. The molecule has 2 aliphatic heterocycles. The van der Waals surface area contributed by atoms with Gasteiger partial charge in [0.15, 0.2) is 0 Å². The Kier molecular flexibility index (Phi) is 6.24. The zero-order valence-corrected chi connectivity index (χ0v) is 18.4. The van der Waals surface area contributed by atoms with Crippen LogP contribution < -0.4 is 5.56 Å². The molecule has 2 aliphatic rings. The van der Waals surface area contributed by atoms with Crippen molar-refractivity contribution in [3.8, 4) is 11.1 Å². The van der Waals surface area contributed by atoms with Gasteiger partial charge < -0.3 is 14.6 Å². The maximum Gasteiger partial charge on any atom is 0.313 e. The van der Waals surface area contributed by atoms with Gasteiger partial charge in [0.1, 0.15) is 0 Å². The minimum Gasteiger partial charge on any atom is -0.481 e. The van der Waals surface area contributed by atoms with Crippen LogP contribution in [0.2, 0.25) is 0 Å². The van der Waals surface area contributed by atoms with Crippen molar-refractivity contribution in [1.29, 1.82) is 0 Å². The minimum atomic E-state index is -0.909. The molecule has 0 unspecified atom stereocenters. The Morgan fingerprint density at radius 1 is 1.07 bits per heavy atom.